The lowest BCUT2D eigenvalue weighted by molar-refractivity contribution is 0.143. The number of aromatic hydroxyl groups is 1. The van der Waals surface area contributed by atoms with Gasteiger partial charge in [0.2, 0.25) is 0 Å². The first-order valence-electron chi connectivity index (χ1n) is 8.58. The number of halogens is 2. The minimum absolute atomic E-state index is 0.0358. The molecule has 0 aliphatic heterocycles. The average molecular weight is 385 g/mol. The van der Waals surface area contributed by atoms with E-state index in [0.29, 0.717) is 16.6 Å². The van der Waals surface area contributed by atoms with Crippen molar-refractivity contribution in [3.8, 4) is 22.8 Å². The van der Waals surface area contributed by atoms with Gasteiger partial charge in [0, 0.05) is 34.4 Å². The zero-order chi connectivity index (χ0) is 19.8. The molecule has 0 spiro atoms. The molecule has 0 amide bonds. The van der Waals surface area contributed by atoms with Gasteiger partial charge in [0.25, 0.3) is 0 Å². The summed E-state index contributed by atoms with van der Waals surface area (Å²) in [7, 11) is 1.50. The molecular weight excluding hydrogens is 368 g/mol. The normalized spacial score (nSPS) is 11.4. The molecule has 6 nitrogen and oxygen atoms in total. The summed E-state index contributed by atoms with van der Waals surface area (Å²) >= 11 is 0. The summed E-state index contributed by atoms with van der Waals surface area (Å²) in [5.41, 5.74) is 1.14. The molecule has 144 valence electrons. The number of benzene rings is 2. The Hall–Kier alpha value is -3.26. The van der Waals surface area contributed by atoms with E-state index in [-0.39, 0.29) is 46.7 Å². The van der Waals surface area contributed by atoms with Gasteiger partial charge in [-0.15, -0.1) is 0 Å². The molecule has 4 aromatic rings. The monoisotopic (exact) mass is 385 g/mol. The van der Waals surface area contributed by atoms with Gasteiger partial charge in [0.05, 0.1) is 18.5 Å². The van der Waals surface area contributed by atoms with Crippen LogP contribution in [0, 0.1) is 18.6 Å². The number of pyridine rings is 1. The number of fused-ring (bicyclic) bond motifs is 3. The molecular formula is C20H17F2N3O3. The minimum atomic E-state index is -0.682. The van der Waals surface area contributed by atoms with E-state index in [1.165, 1.54) is 32.4 Å². The largest absolute Gasteiger partial charge is 0.508 e. The Morgan fingerprint density at radius 3 is 2.54 bits per heavy atom. The maximum Gasteiger partial charge on any atom is 0.174 e. The first-order valence-corrected chi connectivity index (χ1v) is 8.58. The topological polar surface area (TPSA) is 80.3 Å². The average Bonchev–Trinajstić information content (AvgIpc) is 3.16. The number of methoxy groups -OCH3 is 1. The molecule has 0 saturated heterocycles. The second-order valence-corrected chi connectivity index (χ2v) is 6.31. The Labute approximate surface area is 158 Å². The van der Waals surface area contributed by atoms with Crippen LogP contribution in [0.4, 0.5) is 8.78 Å². The van der Waals surface area contributed by atoms with Crippen molar-refractivity contribution in [1.82, 2.24) is 15.2 Å². The van der Waals surface area contributed by atoms with Crippen LogP contribution in [-0.2, 0) is 4.74 Å². The molecule has 0 fully saturated rings. The van der Waals surface area contributed by atoms with E-state index in [0.717, 1.165) is 0 Å². The zero-order valence-electron chi connectivity index (χ0n) is 15.2. The molecule has 0 saturated carbocycles. The minimum Gasteiger partial charge on any atom is -0.508 e. The summed E-state index contributed by atoms with van der Waals surface area (Å²) < 4.78 is 41.3. The maximum atomic E-state index is 15.5. The van der Waals surface area contributed by atoms with Crippen LogP contribution >= 0.6 is 0 Å². The molecule has 28 heavy (non-hydrogen) atoms. The third-order valence-corrected chi connectivity index (χ3v) is 4.58. The Bertz CT molecular complexity index is 1170. The molecule has 2 aromatic carbocycles. The van der Waals surface area contributed by atoms with Crippen molar-refractivity contribution in [3.63, 3.8) is 0 Å². The maximum absolute atomic E-state index is 15.5. The number of ether oxygens (including phenoxy) is 2. The summed E-state index contributed by atoms with van der Waals surface area (Å²) in [6.45, 7) is 1.79. The van der Waals surface area contributed by atoms with Gasteiger partial charge < -0.3 is 14.6 Å². The van der Waals surface area contributed by atoms with E-state index in [1.807, 2.05) is 0 Å². The van der Waals surface area contributed by atoms with Crippen molar-refractivity contribution in [2.45, 2.75) is 6.92 Å². The van der Waals surface area contributed by atoms with Gasteiger partial charge in [0.1, 0.15) is 18.2 Å². The molecule has 2 N–H and O–H groups in total. The molecule has 0 atom stereocenters. The van der Waals surface area contributed by atoms with Crippen molar-refractivity contribution in [2.24, 2.45) is 0 Å². The van der Waals surface area contributed by atoms with Gasteiger partial charge in [-0.3, -0.25) is 5.10 Å². The lowest BCUT2D eigenvalue weighted by Gasteiger charge is -2.16. The van der Waals surface area contributed by atoms with Crippen LogP contribution in [0.2, 0.25) is 0 Å². The highest BCUT2D eigenvalue weighted by Crippen LogP contribution is 2.41. The highest BCUT2D eigenvalue weighted by Gasteiger charge is 2.25. The molecule has 0 unspecified atom stereocenters. The Kier molecular flexibility index (Phi) is 4.56. The van der Waals surface area contributed by atoms with E-state index in [2.05, 4.69) is 15.2 Å². The van der Waals surface area contributed by atoms with Crippen molar-refractivity contribution >= 4 is 21.8 Å². The summed E-state index contributed by atoms with van der Waals surface area (Å²) in [6.07, 6.45) is 1.40. The van der Waals surface area contributed by atoms with E-state index in [4.69, 9.17) is 9.47 Å². The highest BCUT2D eigenvalue weighted by atomic mass is 19.1. The van der Waals surface area contributed by atoms with Crippen molar-refractivity contribution in [3.05, 3.63) is 47.7 Å². The lowest BCUT2D eigenvalue weighted by Crippen LogP contribution is -2.08. The number of aromatic nitrogens is 3. The number of phenols is 1. The first kappa shape index (κ1) is 18.1. The highest BCUT2D eigenvalue weighted by molar-refractivity contribution is 6.11. The van der Waals surface area contributed by atoms with Gasteiger partial charge in [-0.2, -0.15) is 5.10 Å². The van der Waals surface area contributed by atoms with Crippen LogP contribution in [0.5, 0.6) is 11.5 Å². The molecule has 0 bridgehead atoms. The van der Waals surface area contributed by atoms with E-state index < -0.39 is 11.6 Å². The fourth-order valence-corrected chi connectivity index (χ4v) is 3.20. The second-order valence-electron chi connectivity index (χ2n) is 6.31. The lowest BCUT2D eigenvalue weighted by atomic mass is 9.98. The summed E-state index contributed by atoms with van der Waals surface area (Å²) in [5, 5.41) is 16.6. The third-order valence-electron chi connectivity index (χ3n) is 4.58. The fourth-order valence-electron chi connectivity index (χ4n) is 3.20. The van der Waals surface area contributed by atoms with E-state index >= 15 is 8.78 Å². The zero-order valence-corrected chi connectivity index (χ0v) is 15.2. The summed E-state index contributed by atoms with van der Waals surface area (Å²) in [6, 6.07) is 6.11. The van der Waals surface area contributed by atoms with Crippen LogP contribution in [-0.4, -0.2) is 40.6 Å². The van der Waals surface area contributed by atoms with Gasteiger partial charge in [-0.25, -0.2) is 13.8 Å². The number of H-pyrrole nitrogens is 1. The molecule has 2 aromatic heterocycles. The fraction of sp³-hybridized carbons (Fsp3) is 0.200. The Morgan fingerprint density at radius 1 is 1.07 bits per heavy atom. The Balaban J connectivity index is 2.07. The van der Waals surface area contributed by atoms with Crippen LogP contribution in [0.3, 0.4) is 0 Å². The molecule has 4 rings (SSSR count). The number of hydrogen-bond acceptors (Lipinski definition) is 5. The number of rotatable bonds is 5. The van der Waals surface area contributed by atoms with Crippen LogP contribution in [0.15, 0.2) is 30.5 Å². The Morgan fingerprint density at radius 2 is 1.82 bits per heavy atom. The molecule has 0 radical (unpaired) electrons. The van der Waals surface area contributed by atoms with Gasteiger partial charge in [0.15, 0.2) is 17.2 Å². The molecule has 0 aliphatic rings. The van der Waals surface area contributed by atoms with Gasteiger partial charge in [-0.1, -0.05) is 0 Å². The predicted molar refractivity (Wildman–Crippen MR) is 101 cm³/mol. The molecule has 8 heteroatoms. The summed E-state index contributed by atoms with van der Waals surface area (Å²) in [4.78, 5) is 4.44. The van der Waals surface area contributed by atoms with Crippen molar-refractivity contribution in [2.75, 3.05) is 20.3 Å². The molecule has 0 aliphatic carbocycles. The second kappa shape index (κ2) is 7.05. The molecule has 2 heterocycles. The van der Waals surface area contributed by atoms with E-state index in [1.54, 1.807) is 12.1 Å². The van der Waals surface area contributed by atoms with Crippen LogP contribution < -0.4 is 4.74 Å². The quantitative estimate of drug-likeness (QED) is 0.506. The predicted octanol–water partition coefficient (Wildman–Crippen LogP) is 4.10. The SMILES string of the molecule is COCCOc1c(C)c(F)c2c(-c3ccc(O)cc3)nc3[nH]ncc3c2c1F. The standard InChI is InChI=1S/C20H17F2N3O3/c1-10-16(21)15-14(17(22)19(10)28-8-7-27-2)13-9-23-25-20(13)24-18(15)11-3-5-12(26)6-4-11/h3-6,9,26H,7-8H2,1-2H3,(H,23,24,25). The van der Waals surface area contributed by atoms with Crippen LogP contribution in [0.1, 0.15) is 5.56 Å². The number of hydrogen-bond donors (Lipinski definition) is 2. The van der Waals surface area contributed by atoms with Gasteiger partial charge in [-0.05, 0) is 31.2 Å². The van der Waals surface area contributed by atoms with Crippen LogP contribution in [0.25, 0.3) is 33.1 Å². The van der Waals surface area contributed by atoms with Crippen molar-refractivity contribution < 1.29 is 23.4 Å². The number of aromatic amines is 1. The number of phenolic OH excluding ortho intramolecular Hbond substituents is 1. The summed E-state index contributed by atoms with van der Waals surface area (Å²) in [5.74, 6) is -1.40. The first-order chi connectivity index (χ1) is 13.5. The number of nitrogens with zero attached hydrogens (tertiary/aromatic N) is 2. The van der Waals surface area contributed by atoms with Gasteiger partial charge >= 0.3 is 0 Å². The van der Waals surface area contributed by atoms with Crippen molar-refractivity contribution in [1.29, 1.82) is 0 Å². The smallest absolute Gasteiger partial charge is 0.174 e. The number of nitrogens with one attached hydrogen (secondary N) is 1. The third kappa shape index (κ3) is 2.82. The van der Waals surface area contributed by atoms with E-state index in [9.17, 15) is 5.11 Å².